The van der Waals surface area contributed by atoms with Gasteiger partial charge in [0.05, 0.1) is 16.6 Å². The number of aliphatic hydroxyl groups is 1. The topological polar surface area (TPSA) is 82.7 Å². The smallest absolute Gasteiger partial charge is 0.389 e. The summed E-state index contributed by atoms with van der Waals surface area (Å²) in [6.45, 7) is 4.78. The lowest BCUT2D eigenvalue weighted by molar-refractivity contribution is -0.158. The standard InChI is InChI=1S/C19H27F3N4O2/c1-17(2,28)18(5-3-14(23)12-18)16(27)26-9-7-25(8-10-26)15-11-13(4-6-24-15)19(20,21)22/h4,6,11,14,28H,3,5,7-10,12,23H2,1-2H3/t14-,18+/m0/s1. The molecular formula is C19H27F3N4O2. The van der Waals surface area contributed by atoms with Crippen LogP contribution in [0.15, 0.2) is 18.3 Å². The summed E-state index contributed by atoms with van der Waals surface area (Å²) in [6, 6.07) is 1.86. The lowest BCUT2D eigenvalue weighted by Crippen LogP contribution is -2.58. The van der Waals surface area contributed by atoms with Crippen molar-refractivity contribution < 1.29 is 23.1 Å². The molecule has 156 valence electrons. The third-order valence-corrected chi connectivity index (χ3v) is 6.10. The number of rotatable bonds is 3. The number of alkyl halides is 3. The van der Waals surface area contributed by atoms with Crippen molar-refractivity contribution in [2.45, 2.75) is 50.9 Å². The highest BCUT2D eigenvalue weighted by Crippen LogP contribution is 2.47. The first-order chi connectivity index (χ1) is 12.9. The zero-order valence-electron chi connectivity index (χ0n) is 16.2. The summed E-state index contributed by atoms with van der Waals surface area (Å²) in [5.74, 6) is 0.131. The van der Waals surface area contributed by atoms with Crippen LogP contribution in [-0.4, -0.2) is 58.7 Å². The van der Waals surface area contributed by atoms with Gasteiger partial charge in [0.2, 0.25) is 5.91 Å². The molecule has 0 bridgehead atoms. The van der Waals surface area contributed by atoms with E-state index in [-0.39, 0.29) is 17.8 Å². The number of hydrogen-bond donors (Lipinski definition) is 2. The number of pyridine rings is 1. The Morgan fingerprint density at radius 2 is 1.93 bits per heavy atom. The molecule has 2 aliphatic rings. The van der Waals surface area contributed by atoms with E-state index >= 15 is 0 Å². The third-order valence-electron chi connectivity index (χ3n) is 6.10. The number of hydrogen-bond acceptors (Lipinski definition) is 5. The summed E-state index contributed by atoms with van der Waals surface area (Å²) < 4.78 is 38.8. The van der Waals surface area contributed by atoms with Crippen LogP contribution in [0.3, 0.4) is 0 Å². The van der Waals surface area contributed by atoms with Gasteiger partial charge in [-0.1, -0.05) is 0 Å². The zero-order valence-corrected chi connectivity index (χ0v) is 16.2. The SMILES string of the molecule is CC(C)(O)[C@]1(C(=O)N2CCN(c3cc(C(F)(F)F)ccn3)CC2)CC[C@H](N)C1. The van der Waals surface area contributed by atoms with Crippen molar-refractivity contribution in [3.63, 3.8) is 0 Å². The first-order valence-electron chi connectivity index (χ1n) is 9.49. The van der Waals surface area contributed by atoms with Crippen molar-refractivity contribution in [1.29, 1.82) is 0 Å². The number of carbonyl (C=O) groups excluding carboxylic acids is 1. The molecule has 3 N–H and O–H groups in total. The summed E-state index contributed by atoms with van der Waals surface area (Å²) >= 11 is 0. The summed E-state index contributed by atoms with van der Waals surface area (Å²) in [5.41, 5.74) is 3.18. The molecule has 0 spiro atoms. The van der Waals surface area contributed by atoms with Crippen molar-refractivity contribution in [3.05, 3.63) is 23.9 Å². The van der Waals surface area contributed by atoms with Gasteiger partial charge in [-0.15, -0.1) is 0 Å². The second-order valence-corrected chi connectivity index (χ2v) is 8.32. The summed E-state index contributed by atoms with van der Waals surface area (Å²) in [4.78, 5) is 20.8. The Morgan fingerprint density at radius 3 is 2.43 bits per heavy atom. The van der Waals surface area contributed by atoms with Gasteiger partial charge in [0, 0.05) is 38.4 Å². The zero-order chi connectivity index (χ0) is 20.7. The van der Waals surface area contributed by atoms with Gasteiger partial charge in [0.15, 0.2) is 0 Å². The van der Waals surface area contributed by atoms with E-state index in [1.54, 1.807) is 23.6 Å². The molecule has 28 heavy (non-hydrogen) atoms. The summed E-state index contributed by atoms with van der Waals surface area (Å²) in [7, 11) is 0. The molecule has 0 aromatic carbocycles. The fourth-order valence-electron chi connectivity index (χ4n) is 4.30. The lowest BCUT2D eigenvalue weighted by Gasteiger charge is -2.45. The number of nitrogens with zero attached hydrogens (tertiary/aromatic N) is 3. The maximum absolute atomic E-state index is 13.3. The van der Waals surface area contributed by atoms with E-state index in [1.807, 2.05) is 0 Å². The molecule has 1 amide bonds. The van der Waals surface area contributed by atoms with Crippen LogP contribution in [0.4, 0.5) is 19.0 Å². The third kappa shape index (κ3) is 3.82. The molecule has 2 heterocycles. The van der Waals surface area contributed by atoms with Crippen LogP contribution in [0, 0.1) is 5.41 Å². The molecule has 0 radical (unpaired) electrons. The predicted octanol–water partition coefficient (Wildman–Crippen LogP) is 2.02. The number of carbonyl (C=O) groups is 1. The van der Waals surface area contributed by atoms with Crippen molar-refractivity contribution in [1.82, 2.24) is 9.88 Å². The monoisotopic (exact) mass is 400 g/mol. The molecule has 1 saturated carbocycles. The Labute approximate surface area is 162 Å². The van der Waals surface area contributed by atoms with Gasteiger partial charge in [0.25, 0.3) is 0 Å². The van der Waals surface area contributed by atoms with E-state index in [0.717, 1.165) is 18.3 Å². The van der Waals surface area contributed by atoms with E-state index in [0.29, 0.717) is 45.4 Å². The quantitative estimate of drug-likeness (QED) is 0.811. The van der Waals surface area contributed by atoms with Crippen molar-refractivity contribution >= 4 is 11.7 Å². The number of halogens is 3. The second kappa shape index (κ2) is 7.18. The van der Waals surface area contributed by atoms with E-state index in [4.69, 9.17) is 5.73 Å². The minimum Gasteiger partial charge on any atom is -0.389 e. The van der Waals surface area contributed by atoms with Crippen LogP contribution in [-0.2, 0) is 11.0 Å². The first kappa shape index (κ1) is 20.9. The summed E-state index contributed by atoms with van der Waals surface area (Å²) in [6.07, 6.45) is -1.62. The molecule has 2 fully saturated rings. The van der Waals surface area contributed by atoms with Crippen LogP contribution in [0.5, 0.6) is 0 Å². The molecule has 1 aliphatic heterocycles. The largest absolute Gasteiger partial charge is 0.416 e. The predicted molar refractivity (Wildman–Crippen MR) is 98.6 cm³/mol. The molecule has 1 aromatic rings. The maximum atomic E-state index is 13.3. The molecule has 1 aliphatic carbocycles. The van der Waals surface area contributed by atoms with Crippen molar-refractivity contribution in [3.8, 4) is 0 Å². The molecular weight excluding hydrogens is 373 g/mol. The average molecular weight is 400 g/mol. The normalized spacial score (nSPS) is 26.6. The Kier molecular flexibility index (Phi) is 5.35. The highest BCUT2D eigenvalue weighted by molar-refractivity contribution is 5.85. The molecule has 3 rings (SSSR count). The molecule has 6 nitrogen and oxygen atoms in total. The highest BCUT2D eigenvalue weighted by Gasteiger charge is 2.55. The minimum absolute atomic E-state index is 0.119. The van der Waals surface area contributed by atoms with Gasteiger partial charge in [-0.3, -0.25) is 4.79 Å². The Hall–Kier alpha value is -1.87. The fourth-order valence-corrected chi connectivity index (χ4v) is 4.30. The van der Waals surface area contributed by atoms with E-state index < -0.39 is 22.8 Å². The van der Waals surface area contributed by atoms with Gasteiger partial charge in [-0.25, -0.2) is 4.98 Å². The molecule has 1 saturated heterocycles. The maximum Gasteiger partial charge on any atom is 0.416 e. The number of amides is 1. The molecule has 0 unspecified atom stereocenters. The van der Waals surface area contributed by atoms with Gasteiger partial charge in [-0.2, -0.15) is 13.2 Å². The average Bonchev–Trinajstić information content (AvgIpc) is 3.04. The van der Waals surface area contributed by atoms with Gasteiger partial charge in [-0.05, 0) is 45.2 Å². The number of aromatic nitrogens is 1. The number of piperazine rings is 1. The van der Waals surface area contributed by atoms with Gasteiger partial charge < -0.3 is 20.6 Å². The molecule has 1 aromatic heterocycles. The Morgan fingerprint density at radius 1 is 1.29 bits per heavy atom. The Bertz CT molecular complexity index is 727. The fraction of sp³-hybridized carbons (Fsp3) is 0.684. The van der Waals surface area contributed by atoms with Crippen LogP contribution >= 0.6 is 0 Å². The molecule has 9 heteroatoms. The van der Waals surface area contributed by atoms with E-state index in [9.17, 15) is 23.1 Å². The van der Waals surface area contributed by atoms with E-state index in [1.165, 1.54) is 0 Å². The van der Waals surface area contributed by atoms with Crippen molar-refractivity contribution in [2.75, 3.05) is 31.1 Å². The van der Waals surface area contributed by atoms with Crippen LogP contribution < -0.4 is 10.6 Å². The number of anilines is 1. The first-order valence-corrected chi connectivity index (χ1v) is 9.49. The van der Waals surface area contributed by atoms with Crippen LogP contribution in [0.1, 0.15) is 38.7 Å². The van der Waals surface area contributed by atoms with Crippen LogP contribution in [0.2, 0.25) is 0 Å². The van der Waals surface area contributed by atoms with Gasteiger partial charge in [0.1, 0.15) is 5.82 Å². The van der Waals surface area contributed by atoms with E-state index in [2.05, 4.69) is 4.98 Å². The highest BCUT2D eigenvalue weighted by atomic mass is 19.4. The lowest BCUT2D eigenvalue weighted by atomic mass is 9.71. The minimum atomic E-state index is -4.42. The van der Waals surface area contributed by atoms with Crippen LogP contribution in [0.25, 0.3) is 0 Å². The van der Waals surface area contributed by atoms with Gasteiger partial charge >= 0.3 is 6.18 Å². The molecule has 2 atom stereocenters. The van der Waals surface area contributed by atoms with Crippen molar-refractivity contribution in [2.24, 2.45) is 11.1 Å². The number of nitrogens with two attached hydrogens (primary N) is 1. The summed E-state index contributed by atoms with van der Waals surface area (Å²) in [5, 5.41) is 10.7. The Balaban J connectivity index is 1.71. The second-order valence-electron chi connectivity index (χ2n) is 8.32.